The molecule has 1 rings (SSSR count). The monoisotopic (exact) mass is 172 g/mol. The van der Waals surface area contributed by atoms with Crippen LogP contribution in [0.1, 0.15) is 0 Å². The van der Waals surface area contributed by atoms with Crippen molar-refractivity contribution in [3.63, 3.8) is 0 Å². The Morgan fingerprint density at radius 1 is 1.73 bits per heavy atom. The van der Waals surface area contributed by atoms with E-state index >= 15 is 0 Å². The van der Waals surface area contributed by atoms with Gasteiger partial charge in [0.15, 0.2) is 0 Å². The average molecular weight is 173 g/mol. The molecule has 0 saturated heterocycles. The van der Waals surface area contributed by atoms with Crippen molar-refractivity contribution < 1.29 is 9.90 Å². The van der Waals surface area contributed by atoms with Gasteiger partial charge in [-0.25, -0.2) is 9.78 Å². The molecule has 5 heteroatoms. The van der Waals surface area contributed by atoms with Gasteiger partial charge in [0, 0.05) is 11.2 Å². The Hall–Kier alpha value is -1.29. The number of anilines is 1. The Morgan fingerprint density at radius 3 is 3.00 bits per heavy atom. The lowest BCUT2D eigenvalue weighted by Crippen LogP contribution is -2.08. The van der Waals surface area contributed by atoms with Crippen molar-refractivity contribution in [3.05, 3.63) is 23.4 Å². The van der Waals surface area contributed by atoms with E-state index in [4.69, 9.17) is 16.7 Å². The summed E-state index contributed by atoms with van der Waals surface area (Å²) in [6.07, 6.45) is 0.271. The van der Waals surface area contributed by atoms with Gasteiger partial charge in [0.25, 0.3) is 0 Å². The van der Waals surface area contributed by atoms with Gasteiger partial charge < -0.3 is 5.11 Å². The number of rotatable bonds is 1. The standard InChI is InChI=1S/C6H5ClN2O2/c7-4-1-2-8-5(3-4)9-6(10)11/h1-3H,(H,8,9)(H,10,11). The summed E-state index contributed by atoms with van der Waals surface area (Å²) in [5.41, 5.74) is 0. The fourth-order valence-corrected chi connectivity index (χ4v) is 0.742. The van der Waals surface area contributed by atoms with Crippen molar-refractivity contribution in [2.45, 2.75) is 0 Å². The second kappa shape index (κ2) is 3.21. The Kier molecular flexibility index (Phi) is 2.28. The lowest BCUT2D eigenvalue weighted by molar-refractivity contribution is 0.209. The molecule has 1 aromatic rings. The highest BCUT2D eigenvalue weighted by atomic mass is 35.5. The van der Waals surface area contributed by atoms with Gasteiger partial charge in [0.2, 0.25) is 0 Å². The lowest BCUT2D eigenvalue weighted by Gasteiger charge is -1.97. The summed E-state index contributed by atoms with van der Waals surface area (Å²) in [5.74, 6) is 0.227. The summed E-state index contributed by atoms with van der Waals surface area (Å²) in [7, 11) is 0. The molecule has 0 aliphatic heterocycles. The Morgan fingerprint density at radius 2 is 2.45 bits per heavy atom. The summed E-state index contributed by atoms with van der Waals surface area (Å²) in [6, 6.07) is 2.99. The van der Waals surface area contributed by atoms with Crippen molar-refractivity contribution in [1.82, 2.24) is 4.98 Å². The van der Waals surface area contributed by atoms with E-state index in [-0.39, 0.29) is 5.82 Å². The molecule has 0 aromatic carbocycles. The van der Waals surface area contributed by atoms with Crippen molar-refractivity contribution >= 4 is 23.5 Å². The maximum atomic E-state index is 10.1. The van der Waals surface area contributed by atoms with Crippen molar-refractivity contribution in [2.75, 3.05) is 5.32 Å². The minimum Gasteiger partial charge on any atom is -0.465 e. The van der Waals surface area contributed by atoms with E-state index in [2.05, 4.69) is 10.3 Å². The van der Waals surface area contributed by atoms with Crippen LogP contribution in [0, 0.1) is 0 Å². The van der Waals surface area contributed by atoms with E-state index in [9.17, 15) is 4.79 Å². The summed E-state index contributed by atoms with van der Waals surface area (Å²) in [5, 5.41) is 10.8. The van der Waals surface area contributed by atoms with Crippen LogP contribution in [0.3, 0.4) is 0 Å². The Balaban J connectivity index is 2.79. The molecule has 4 nitrogen and oxygen atoms in total. The van der Waals surface area contributed by atoms with Crippen LogP contribution < -0.4 is 5.32 Å². The molecule has 2 N–H and O–H groups in total. The maximum Gasteiger partial charge on any atom is 0.410 e. The number of aromatic nitrogens is 1. The quantitative estimate of drug-likeness (QED) is 0.679. The van der Waals surface area contributed by atoms with Crippen LogP contribution in [-0.4, -0.2) is 16.2 Å². The first kappa shape index (κ1) is 7.81. The summed E-state index contributed by atoms with van der Waals surface area (Å²) in [6.45, 7) is 0. The number of hydrogen-bond acceptors (Lipinski definition) is 2. The number of carboxylic acid groups (broad SMARTS) is 1. The van der Waals surface area contributed by atoms with Gasteiger partial charge in [-0.2, -0.15) is 0 Å². The number of amides is 1. The number of nitrogens with zero attached hydrogens (tertiary/aromatic N) is 1. The topological polar surface area (TPSA) is 62.2 Å². The molecule has 0 bridgehead atoms. The third-order valence-corrected chi connectivity index (χ3v) is 1.19. The molecule has 0 saturated carbocycles. The number of hydrogen-bond donors (Lipinski definition) is 2. The van der Waals surface area contributed by atoms with Gasteiger partial charge in [0.05, 0.1) is 0 Å². The van der Waals surface area contributed by atoms with Gasteiger partial charge in [-0.1, -0.05) is 11.6 Å². The van der Waals surface area contributed by atoms with E-state index in [1.165, 1.54) is 12.3 Å². The highest BCUT2D eigenvalue weighted by molar-refractivity contribution is 6.30. The third-order valence-electron chi connectivity index (χ3n) is 0.957. The smallest absolute Gasteiger partial charge is 0.410 e. The molecule has 0 spiro atoms. The van der Waals surface area contributed by atoms with Crippen LogP contribution in [0.4, 0.5) is 10.6 Å². The predicted molar refractivity (Wildman–Crippen MR) is 40.9 cm³/mol. The minimum atomic E-state index is -1.15. The van der Waals surface area contributed by atoms with E-state index < -0.39 is 6.09 Å². The SMILES string of the molecule is O=C(O)Nc1cc(Cl)ccn1. The third kappa shape index (κ3) is 2.43. The molecule has 58 valence electrons. The van der Waals surface area contributed by atoms with Crippen LogP contribution in [0.15, 0.2) is 18.3 Å². The van der Waals surface area contributed by atoms with Crippen molar-refractivity contribution in [1.29, 1.82) is 0 Å². The van der Waals surface area contributed by atoms with Gasteiger partial charge in [-0.3, -0.25) is 5.32 Å². The highest BCUT2D eigenvalue weighted by Gasteiger charge is 1.97. The lowest BCUT2D eigenvalue weighted by atomic mass is 10.5. The summed E-state index contributed by atoms with van der Waals surface area (Å²) in [4.78, 5) is 13.8. The largest absolute Gasteiger partial charge is 0.465 e. The molecular formula is C6H5ClN2O2. The average Bonchev–Trinajstić information content (AvgIpc) is 1.85. The number of carbonyl (C=O) groups is 1. The van der Waals surface area contributed by atoms with E-state index in [1.54, 1.807) is 6.07 Å². The zero-order valence-corrected chi connectivity index (χ0v) is 6.17. The number of halogens is 1. The van der Waals surface area contributed by atoms with Gasteiger partial charge in [0.1, 0.15) is 5.82 Å². The minimum absolute atomic E-state index is 0.227. The summed E-state index contributed by atoms with van der Waals surface area (Å²) >= 11 is 5.56. The van der Waals surface area contributed by atoms with E-state index in [0.29, 0.717) is 5.02 Å². The number of pyridine rings is 1. The number of nitrogens with one attached hydrogen (secondary N) is 1. The first-order chi connectivity index (χ1) is 5.18. The van der Waals surface area contributed by atoms with Crippen molar-refractivity contribution in [3.8, 4) is 0 Å². The van der Waals surface area contributed by atoms with E-state index in [0.717, 1.165) is 0 Å². The van der Waals surface area contributed by atoms with Crippen LogP contribution >= 0.6 is 11.6 Å². The Labute approximate surface area is 67.8 Å². The zero-order chi connectivity index (χ0) is 8.27. The summed E-state index contributed by atoms with van der Waals surface area (Å²) < 4.78 is 0. The van der Waals surface area contributed by atoms with Gasteiger partial charge in [-0.15, -0.1) is 0 Å². The first-order valence-electron chi connectivity index (χ1n) is 2.80. The second-order valence-electron chi connectivity index (χ2n) is 1.79. The van der Waals surface area contributed by atoms with Crippen LogP contribution in [-0.2, 0) is 0 Å². The zero-order valence-electron chi connectivity index (χ0n) is 5.41. The molecule has 0 unspecified atom stereocenters. The molecule has 0 fully saturated rings. The van der Waals surface area contributed by atoms with Crippen molar-refractivity contribution in [2.24, 2.45) is 0 Å². The first-order valence-corrected chi connectivity index (χ1v) is 3.18. The molecule has 0 radical (unpaired) electrons. The molecule has 1 amide bonds. The molecular weight excluding hydrogens is 168 g/mol. The van der Waals surface area contributed by atoms with E-state index in [1.807, 2.05) is 0 Å². The fraction of sp³-hybridized carbons (Fsp3) is 0. The second-order valence-corrected chi connectivity index (χ2v) is 2.23. The van der Waals surface area contributed by atoms with Gasteiger partial charge >= 0.3 is 6.09 Å². The van der Waals surface area contributed by atoms with Crippen LogP contribution in [0.25, 0.3) is 0 Å². The fourth-order valence-electron chi connectivity index (χ4n) is 0.583. The molecule has 0 atom stereocenters. The molecule has 1 aromatic heterocycles. The molecule has 1 heterocycles. The normalized spacial score (nSPS) is 9.18. The predicted octanol–water partition coefficient (Wildman–Crippen LogP) is 1.82. The van der Waals surface area contributed by atoms with Crippen LogP contribution in [0.5, 0.6) is 0 Å². The molecule has 0 aliphatic carbocycles. The maximum absolute atomic E-state index is 10.1. The highest BCUT2D eigenvalue weighted by Crippen LogP contribution is 2.11. The van der Waals surface area contributed by atoms with Gasteiger partial charge in [-0.05, 0) is 12.1 Å². The van der Waals surface area contributed by atoms with Crippen LogP contribution in [0.2, 0.25) is 5.02 Å². The molecule has 11 heavy (non-hydrogen) atoms. The molecule has 0 aliphatic rings. The Bertz CT molecular complexity index is 277.